The van der Waals surface area contributed by atoms with Crippen LogP contribution < -0.4 is 5.32 Å². The Kier molecular flexibility index (Phi) is 3.85. The number of nitrogens with one attached hydrogen (secondary N) is 1. The van der Waals surface area contributed by atoms with Gasteiger partial charge in [0.1, 0.15) is 0 Å². The predicted octanol–water partition coefficient (Wildman–Crippen LogP) is 2.85. The van der Waals surface area contributed by atoms with Crippen LogP contribution in [0.15, 0.2) is 12.1 Å². The highest BCUT2D eigenvalue weighted by molar-refractivity contribution is 6.33. The standard InChI is InChI=1S/C10H7ClF3NO3/c1-4-2-6(11)5(8(16)17)3-7(4)15-9(18)10(12,13)14/h2-3H,1H3,(H,15,18)(H,16,17). The summed E-state index contributed by atoms with van der Waals surface area (Å²) >= 11 is 5.61. The zero-order valence-electron chi connectivity index (χ0n) is 8.93. The van der Waals surface area contributed by atoms with Crippen LogP contribution in [0.3, 0.4) is 0 Å². The van der Waals surface area contributed by atoms with Crippen molar-refractivity contribution in [2.45, 2.75) is 13.1 Å². The maximum atomic E-state index is 12.1. The van der Waals surface area contributed by atoms with E-state index in [4.69, 9.17) is 16.7 Å². The average molecular weight is 282 g/mol. The van der Waals surface area contributed by atoms with E-state index in [1.54, 1.807) is 5.32 Å². The summed E-state index contributed by atoms with van der Waals surface area (Å²) in [5.41, 5.74) is -0.415. The Bertz CT molecular complexity index is 514. The van der Waals surface area contributed by atoms with Crippen molar-refractivity contribution < 1.29 is 27.9 Å². The molecule has 1 aromatic rings. The lowest BCUT2D eigenvalue weighted by atomic mass is 10.1. The number of rotatable bonds is 2. The zero-order valence-corrected chi connectivity index (χ0v) is 9.69. The minimum Gasteiger partial charge on any atom is -0.478 e. The summed E-state index contributed by atoms with van der Waals surface area (Å²) in [6.07, 6.45) is -5.05. The van der Waals surface area contributed by atoms with Crippen LogP contribution in [0.2, 0.25) is 5.02 Å². The van der Waals surface area contributed by atoms with Gasteiger partial charge in [0.2, 0.25) is 0 Å². The van der Waals surface area contributed by atoms with Gasteiger partial charge < -0.3 is 10.4 Å². The quantitative estimate of drug-likeness (QED) is 0.876. The van der Waals surface area contributed by atoms with Crippen LogP contribution in [0.1, 0.15) is 15.9 Å². The van der Waals surface area contributed by atoms with E-state index in [1.165, 1.54) is 6.92 Å². The largest absolute Gasteiger partial charge is 0.478 e. The number of carbonyl (C=O) groups is 2. The summed E-state index contributed by atoms with van der Waals surface area (Å²) in [5, 5.41) is 10.2. The number of aryl methyl sites for hydroxylation is 1. The minimum atomic E-state index is -5.05. The van der Waals surface area contributed by atoms with E-state index in [0.29, 0.717) is 0 Å². The lowest BCUT2D eigenvalue weighted by Gasteiger charge is -2.12. The highest BCUT2D eigenvalue weighted by Gasteiger charge is 2.39. The van der Waals surface area contributed by atoms with Gasteiger partial charge in [0.05, 0.1) is 10.6 Å². The maximum absolute atomic E-state index is 12.1. The number of halogens is 4. The maximum Gasteiger partial charge on any atom is 0.471 e. The Labute approximate surface area is 104 Å². The second kappa shape index (κ2) is 4.85. The van der Waals surface area contributed by atoms with E-state index < -0.39 is 18.1 Å². The van der Waals surface area contributed by atoms with Crippen molar-refractivity contribution in [1.29, 1.82) is 0 Å². The molecule has 0 aromatic heterocycles. The van der Waals surface area contributed by atoms with Gasteiger partial charge in [0.15, 0.2) is 0 Å². The molecule has 0 saturated heterocycles. The van der Waals surface area contributed by atoms with Gasteiger partial charge in [-0.2, -0.15) is 13.2 Å². The molecule has 0 saturated carbocycles. The number of amides is 1. The fourth-order valence-corrected chi connectivity index (χ4v) is 1.46. The molecule has 18 heavy (non-hydrogen) atoms. The molecule has 4 nitrogen and oxygen atoms in total. The third-order valence-corrected chi connectivity index (χ3v) is 2.36. The van der Waals surface area contributed by atoms with Gasteiger partial charge >= 0.3 is 18.1 Å². The van der Waals surface area contributed by atoms with Crippen LogP contribution in [-0.4, -0.2) is 23.2 Å². The number of carboxylic acid groups (broad SMARTS) is 1. The van der Waals surface area contributed by atoms with Crippen molar-refractivity contribution in [2.75, 3.05) is 5.32 Å². The lowest BCUT2D eigenvalue weighted by molar-refractivity contribution is -0.167. The average Bonchev–Trinajstić information content (AvgIpc) is 2.19. The van der Waals surface area contributed by atoms with Gasteiger partial charge in [-0.15, -0.1) is 0 Å². The fraction of sp³-hybridized carbons (Fsp3) is 0.200. The first-order valence-corrected chi connectivity index (χ1v) is 4.92. The Morgan fingerprint density at radius 3 is 2.33 bits per heavy atom. The molecule has 0 bridgehead atoms. The number of aromatic carboxylic acids is 1. The van der Waals surface area contributed by atoms with Crippen molar-refractivity contribution in [2.24, 2.45) is 0 Å². The van der Waals surface area contributed by atoms with E-state index in [-0.39, 0.29) is 21.8 Å². The van der Waals surface area contributed by atoms with Crippen LogP contribution in [0.5, 0.6) is 0 Å². The van der Waals surface area contributed by atoms with Crippen molar-refractivity contribution in [1.82, 2.24) is 0 Å². The summed E-state index contributed by atoms with van der Waals surface area (Å²) in [7, 11) is 0. The molecular weight excluding hydrogens is 275 g/mol. The first-order chi connectivity index (χ1) is 8.12. The summed E-state index contributed by atoms with van der Waals surface area (Å²) in [4.78, 5) is 21.5. The molecule has 0 atom stereocenters. The third kappa shape index (κ3) is 3.13. The third-order valence-electron chi connectivity index (χ3n) is 2.05. The van der Waals surface area contributed by atoms with Gasteiger partial charge in [-0.1, -0.05) is 11.6 Å². The number of alkyl halides is 3. The predicted molar refractivity (Wildman–Crippen MR) is 57.8 cm³/mol. The molecule has 0 heterocycles. The van der Waals surface area contributed by atoms with Gasteiger partial charge in [0.25, 0.3) is 0 Å². The molecule has 2 N–H and O–H groups in total. The van der Waals surface area contributed by atoms with Crippen LogP contribution in [-0.2, 0) is 4.79 Å². The molecule has 0 aliphatic rings. The molecule has 1 rings (SSSR count). The molecule has 1 aromatic carbocycles. The Morgan fingerprint density at radius 2 is 1.89 bits per heavy atom. The molecule has 0 aliphatic heterocycles. The number of hydrogen-bond acceptors (Lipinski definition) is 2. The number of carbonyl (C=O) groups excluding carboxylic acids is 1. The lowest BCUT2D eigenvalue weighted by Crippen LogP contribution is -2.30. The number of benzene rings is 1. The monoisotopic (exact) mass is 281 g/mol. The van der Waals surface area contributed by atoms with Gasteiger partial charge in [-0.3, -0.25) is 4.79 Å². The van der Waals surface area contributed by atoms with Crippen LogP contribution in [0, 0.1) is 6.92 Å². The molecular formula is C10H7ClF3NO3. The van der Waals surface area contributed by atoms with Crippen LogP contribution in [0.25, 0.3) is 0 Å². The summed E-state index contributed by atoms with van der Waals surface area (Å²) < 4.78 is 36.2. The highest BCUT2D eigenvalue weighted by Crippen LogP contribution is 2.26. The summed E-state index contributed by atoms with van der Waals surface area (Å²) in [6, 6.07) is 2.04. The number of hydrogen-bond donors (Lipinski definition) is 2. The minimum absolute atomic E-state index is 0.120. The molecule has 0 fully saturated rings. The molecule has 8 heteroatoms. The molecule has 98 valence electrons. The Balaban J connectivity index is 3.14. The summed E-state index contributed by atoms with van der Waals surface area (Å²) in [5.74, 6) is -3.58. The molecule has 1 amide bonds. The SMILES string of the molecule is Cc1cc(Cl)c(C(=O)O)cc1NC(=O)C(F)(F)F. The van der Waals surface area contributed by atoms with Crippen molar-refractivity contribution in [3.63, 3.8) is 0 Å². The van der Waals surface area contributed by atoms with E-state index in [2.05, 4.69) is 0 Å². The Hall–Kier alpha value is -1.76. The molecule has 0 unspecified atom stereocenters. The van der Waals surface area contributed by atoms with Crippen molar-refractivity contribution >= 4 is 29.2 Å². The first kappa shape index (κ1) is 14.3. The van der Waals surface area contributed by atoms with Gasteiger partial charge in [-0.25, -0.2) is 4.79 Å². The van der Waals surface area contributed by atoms with Crippen LogP contribution >= 0.6 is 11.6 Å². The molecule has 0 radical (unpaired) electrons. The molecule has 0 spiro atoms. The zero-order chi connectivity index (χ0) is 14.1. The topological polar surface area (TPSA) is 66.4 Å². The van der Waals surface area contributed by atoms with E-state index in [1.807, 2.05) is 0 Å². The van der Waals surface area contributed by atoms with E-state index in [9.17, 15) is 22.8 Å². The van der Waals surface area contributed by atoms with E-state index in [0.717, 1.165) is 12.1 Å². The van der Waals surface area contributed by atoms with Crippen molar-refractivity contribution in [3.05, 3.63) is 28.3 Å². The smallest absolute Gasteiger partial charge is 0.471 e. The van der Waals surface area contributed by atoms with Crippen LogP contribution in [0.4, 0.5) is 18.9 Å². The van der Waals surface area contributed by atoms with Crippen molar-refractivity contribution in [3.8, 4) is 0 Å². The van der Waals surface area contributed by atoms with E-state index >= 15 is 0 Å². The first-order valence-electron chi connectivity index (χ1n) is 4.54. The number of carboxylic acids is 1. The van der Waals surface area contributed by atoms with Gasteiger partial charge in [0, 0.05) is 5.69 Å². The second-order valence-corrected chi connectivity index (χ2v) is 3.81. The number of anilines is 1. The Morgan fingerprint density at radius 1 is 1.33 bits per heavy atom. The second-order valence-electron chi connectivity index (χ2n) is 3.40. The molecule has 0 aliphatic carbocycles. The normalized spacial score (nSPS) is 11.2. The fourth-order valence-electron chi connectivity index (χ4n) is 1.16. The van der Waals surface area contributed by atoms with Gasteiger partial charge in [-0.05, 0) is 24.6 Å². The highest BCUT2D eigenvalue weighted by atomic mass is 35.5. The summed E-state index contributed by atoms with van der Waals surface area (Å²) in [6.45, 7) is 1.39.